The molecule has 2 aromatic carbocycles. The SMILES string of the molecule is Cc1ccc(NC(=O)COc2cc(F)cc(Br)c2)cc1. The Kier molecular flexibility index (Phi) is 4.74. The lowest BCUT2D eigenvalue weighted by Gasteiger charge is -2.08. The summed E-state index contributed by atoms with van der Waals surface area (Å²) in [6.07, 6.45) is 0. The molecule has 0 aliphatic carbocycles. The van der Waals surface area contributed by atoms with E-state index in [0.717, 1.165) is 5.56 Å². The number of rotatable bonds is 4. The molecule has 0 radical (unpaired) electrons. The van der Waals surface area contributed by atoms with Gasteiger partial charge in [-0.1, -0.05) is 33.6 Å². The van der Waals surface area contributed by atoms with Crippen molar-refractivity contribution in [1.29, 1.82) is 0 Å². The molecule has 0 spiro atoms. The molecule has 0 unspecified atom stereocenters. The molecule has 5 heteroatoms. The van der Waals surface area contributed by atoms with E-state index in [1.165, 1.54) is 12.1 Å². The molecular weight excluding hydrogens is 325 g/mol. The summed E-state index contributed by atoms with van der Waals surface area (Å²) < 4.78 is 18.9. The summed E-state index contributed by atoms with van der Waals surface area (Å²) in [6.45, 7) is 1.79. The van der Waals surface area contributed by atoms with Crippen molar-refractivity contribution >= 4 is 27.5 Å². The zero-order chi connectivity index (χ0) is 14.5. The smallest absolute Gasteiger partial charge is 0.262 e. The van der Waals surface area contributed by atoms with Crippen LogP contribution < -0.4 is 10.1 Å². The average molecular weight is 338 g/mol. The number of carbonyl (C=O) groups is 1. The minimum absolute atomic E-state index is 0.177. The van der Waals surface area contributed by atoms with Crippen LogP contribution in [0.15, 0.2) is 46.9 Å². The van der Waals surface area contributed by atoms with Gasteiger partial charge in [-0.15, -0.1) is 0 Å². The number of hydrogen-bond donors (Lipinski definition) is 1. The lowest BCUT2D eigenvalue weighted by molar-refractivity contribution is -0.118. The van der Waals surface area contributed by atoms with Crippen LogP contribution in [0.25, 0.3) is 0 Å². The maximum absolute atomic E-state index is 13.1. The van der Waals surface area contributed by atoms with E-state index in [4.69, 9.17) is 4.74 Å². The first-order valence-electron chi connectivity index (χ1n) is 5.98. The molecule has 0 bridgehead atoms. The molecule has 0 fully saturated rings. The molecule has 3 nitrogen and oxygen atoms in total. The normalized spacial score (nSPS) is 10.2. The number of ether oxygens (including phenoxy) is 1. The molecule has 20 heavy (non-hydrogen) atoms. The van der Waals surface area contributed by atoms with Gasteiger partial charge in [0.2, 0.25) is 0 Å². The van der Waals surface area contributed by atoms with E-state index < -0.39 is 5.82 Å². The van der Waals surface area contributed by atoms with E-state index in [2.05, 4.69) is 21.2 Å². The summed E-state index contributed by atoms with van der Waals surface area (Å²) >= 11 is 3.16. The third-order valence-corrected chi connectivity index (χ3v) is 3.00. The molecule has 1 N–H and O–H groups in total. The molecule has 0 aromatic heterocycles. The fraction of sp³-hybridized carbons (Fsp3) is 0.133. The van der Waals surface area contributed by atoms with Crippen LogP contribution >= 0.6 is 15.9 Å². The summed E-state index contributed by atoms with van der Waals surface area (Å²) in [5.41, 5.74) is 1.81. The van der Waals surface area contributed by atoms with E-state index in [9.17, 15) is 9.18 Å². The zero-order valence-electron chi connectivity index (χ0n) is 10.8. The van der Waals surface area contributed by atoms with Crippen LogP contribution in [-0.4, -0.2) is 12.5 Å². The standard InChI is InChI=1S/C15H13BrFNO2/c1-10-2-4-13(5-3-10)18-15(19)9-20-14-7-11(16)6-12(17)8-14/h2-8H,9H2,1H3,(H,18,19). The van der Waals surface area contributed by atoms with Gasteiger partial charge >= 0.3 is 0 Å². The Bertz CT molecular complexity index is 594. The predicted octanol–water partition coefficient (Wildman–Crippen LogP) is 3.91. The maximum atomic E-state index is 13.1. The second-order valence-corrected chi connectivity index (χ2v) is 5.22. The molecule has 2 rings (SSSR count). The minimum Gasteiger partial charge on any atom is -0.484 e. The van der Waals surface area contributed by atoms with E-state index >= 15 is 0 Å². The highest BCUT2D eigenvalue weighted by Gasteiger charge is 2.05. The number of hydrogen-bond acceptors (Lipinski definition) is 2. The Morgan fingerprint density at radius 2 is 1.95 bits per heavy atom. The van der Waals surface area contributed by atoms with E-state index in [-0.39, 0.29) is 12.5 Å². The quantitative estimate of drug-likeness (QED) is 0.918. The molecule has 0 saturated heterocycles. The van der Waals surface area contributed by atoms with Gasteiger partial charge in [0.1, 0.15) is 11.6 Å². The Labute approximate surface area is 124 Å². The van der Waals surface area contributed by atoms with Crippen molar-refractivity contribution in [2.24, 2.45) is 0 Å². The first kappa shape index (κ1) is 14.5. The molecule has 0 heterocycles. The predicted molar refractivity (Wildman–Crippen MR) is 79.4 cm³/mol. The third kappa shape index (κ3) is 4.35. The highest BCUT2D eigenvalue weighted by molar-refractivity contribution is 9.10. The van der Waals surface area contributed by atoms with Crippen molar-refractivity contribution in [3.63, 3.8) is 0 Å². The molecule has 2 aromatic rings. The number of halogens is 2. The van der Waals surface area contributed by atoms with Crippen molar-refractivity contribution in [3.05, 3.63) is 58.3 Å². The monoisotopic (exact) mass is 337 g/mol. The minimum atomic E-state index is -0.423. The lowest BCUT2D eigenvalue weighted by atomic mass is 10.2. The summed E-state index contributed by atoms with van der Waals surface area (Å²) in [4.78, 5) is 11.7. The number of benzene rings is 2. The van der Waals surface area contributed by atoms with Crippen molar-refractivity contribution in [1.82, 2.24) is 0 Å². The van der Waals surface area contributed by atoms with Crippen LogP contribution in [0.5, 0.6) is 5.75 Å². The fourth-order valence-electron chi connectivity index (χ4n) is 1.59. The van der Waals surface area contributed by atoms with Crippen molar-refractivity contribution in [2.45, 2.75) is 6.92 Å². The third-order valence-electron chi connectivity index (χ3n) is 2.54. The lowest BCUT2D eigenvalue weighted by Crippen LogP contribution is -2.20. The van der Waals surface area contributed by atoms with Crippen LogP contribution in [0.2, 0.25) is 0 Å². The zero-order valence-corrected chi connectivity index (χ0v) is 12.4. The number of amides is 1. The van der Waals surface area contributed by atoms with Gasteiger partial charge in [0.25, 0.3) is 5.91 Å². The number of anilines is 1. The van der Waals surface area contributed by atoms with Crippen LogP contribution in [0.3, 0.4) is 0 Å². The van der Waals surface area contributed by atoms with E-state index in [0.29, 0.717) is 15.9 Å². The molecular formula is C15H13BrFNO2. The van der Waals surface area contributed by atoms with Crippen LogP contribution in [0.4, 0.5) is 10.1 Å². The molecule has 104 valence electrons. The molecule has 0 atom stereocenters. The highest BCUT2D eigenvalue weighted by atomic mass is 79.9. The number of nitrogens with one attached hydrogen (secondary N) is 1. The van der Waals surface area contributed by atoms with Gasteiger partial charge in [-0.05, 0) is 31.2 Å². The molecule has 1 amide bonds. The molecule has 0 saturated carbocycles. The van der Waals surface area contributed by atoms with Gasteiger partial charge in [-0.2, -0.15) is 0 Å². The Morgan fingerprint density at radius 1 is 1.25 bits per heavy atom. The summed E-state index contributed by atoms with van der Waals surface area (Å²) in [7, 11) is 0. The van der Waals surface area contributed by atoms with Gasteiger partial charge in [0, 0.05) is 16.2 Å². The second kappa shape index (κ2) is 6.52. The second-order valence-electron chi connectivity index (χ2n) is 4.31. The molecule has 0 aliphatic heterocycles. The summed E-state index contributed by atoms with van der Waals surface area (Å²) in [5, 5.41) is 2.70. The van der Waals surface area contributed by atoms with Crippen molar-refractivity contribution in [2.75, 3.05) is 11.9 Å². The van der Waals surface area contributed by atoms with Crippen molar-refractivity contribution < 1.29 is 13.9 Å². The van der Waals surface area contributed by atoms with Gasteiger partial charge < -0.3 is 10.1 Å². The average Bonchev–Trinajstić information content (AvgIpc) is 2.38. The first-order chi connectivity index (χ1) is 9.52. The van der Waals surface area contributed by atoms with Crippen LogP contribution in [-0.2, 0) is 4.79 Å². The molecule has 0 aliphatic rings. The topological polar surface area (TPSA) is 38.3 Å². The largest absolute Gasteiger partial charge is 0.484 e. The Morgan fingerprint density at radius 3 is 2.60 bits per heavy atom. The van der Waals surface area contributed by atoms with Crippen LogP contribution in [0.1, 0.15) is 5.56 Å². The highest BCUT2D eigenvalue weighted by Crippen LogP contribution is 2.20. The van der Waals surface area contributed by atoms with Gasteiger partial charge in [0.15, 0.2) is 6.61 Å². The number of aryl methyl sites for hydroxylation is 1. The van der Waals surface area contributed by atoms with Crippen molar-refractivity contribution in [3.8, 4) is 5.75 Å². The maximum Gasteiger partial charge on any atom is 0.262 e. The van der Waals surface area contributed by atoms with Gasteiger partial charge in [0.05, 0.1) is 0 Å². The van der Waals surface area contributed by atoms with Gasteiger partial charge in [-0.25, -0.2) is 4.39 Å². The number of carbonyl (C=O) groups excluding carboxylic acids is 1. The van der Waals surface area contributed by atoms with E-state index in [1.807, 2.05) is 31.2 Å². The summed E-state index contributed by atoms with van der Waals surface area (Å²) in [6, 6.07) is 11.6. The Hall–Kier alpha value is -1.88. The fourth-order valence-corrected chi connectivity index (χ4v) is 2.04. The summed E-state index contributed by atoms with van der Waals surface area (Å²) in [5.74, 6) is -0.418. The first-order valence-corrected chi connectivity index (χ1v) is 6.77. The van der Waals surface area contributed by atoms with Gasteiger partial charge in [-0.3, -0.25) is 4.79 Å². The van der Waals surface area contributed by atoms with Crippen LogP contribution in [0, 0.1) is 12.7 Å². The van der Waals surface area contributed by atoms with E-state index in [1.54, 1.807) is 6.07 Å². The Balaban J connectivity index is 1.90.